The second-order valence-corrected chi connectivity index (χ2v) is 6.45. The van der Waals surface area contributed by atoms with Crippen LogP contribution in [0.2, 0.25) is 0 Å². The first-order valence-electron chi connectivity index (χ1n) is 8.66. The van der Waals surface area contributed by atoms with E-state index in [1.165, 1.54) is 11.1 Å². The molecule has 1 saturated carbocycles. The molecule has 3 aromatic rings. The van der Waals surface area contributed by atoms with E-state index in [-0.39, 0.29) is 17.2 Å². The Labute approximate surface area is 152 Å². The van der Waals surface area contributed by atoms with E-state index in [0.29, 0.717) is 5.69 Å². The summed E-state index contributed by atoms with van der Waals surface area (Å²) in [5, 5.41) is 4.07. The SMILES string of the molecule is O=C(NN=Cc1ccccn1)[C@H]1CC1(c1ccccc1)c1ccccc1. The van der Waals surface area contributed by atoms with Gasteiger partial charge in [0.1, 0.15) is 0 Å². The fourth-order valence-electron chi connectivity index (χ4n) is 3.55. The number of hydrogen-bond acceptors (Lipinski definition) is 3. The minimum atomic E-state index is -0.271. The molecular formula is C22H19N3O. The molecule has 1 amide bonds. The lowest BCUT2D eigenvalue weighted by Gasteiger charge is -2.18. The van der Waals surface area contributed by atoms with Gasteiger partial charge >= 0.3 is 0 Å². The quantitative estimate of drug-likeness (QED) is 0.570. The van der Waals surface area contributed by atoms with E-state index < -0.39 is 0 Å². The molecule has 4 heteroatoms. The van der Waals surface area contributed by atoms with Gasteiger partial charge in [-0.3, -0.25) is 9.78 Å². The summed E-state index contributed by atoms with van der Waals surface area (Å²) in [6.07, 6.45) is 4.04. The smallest absolute Gasteiger partial charge is 0.244 e. The van der Waals surface area contributed by atoms with Gasteiger partial charge in [0, 0.05) is 11.6 Å². The van der Waals surface area contributed by atoms with Crippen molar-refractivity contribution in [1.29, 1.82) is 0 Å². The number of nitrogens with one attached hydrogen (secondary N) is 1. The molecule has 26 heavy (non-hydrogen) atoms. The van der Waals surface area contributed by atoms with Gasteiger partial charge in [-0.25, -0.2) is 5.43 Å². The normalized spacial score (nSPS) is 17.8. The van der Waals surface area contributed by atoms with Crippen molar-refractivity contribution in [3.05, 3.63) is 102 Å². The Hall–Kier alpha value is -3.27. The fraction of sp³-hybridized carbons (Fsp3) is 0.136. The molecule has 1 heterocycles. The number of carbonyl (C=O) groups excluding carboxylic acids is 1. The third-order valence-electron chi connectivity index (χ3n) is 4.91. The number of hydrazone groups is 1. The molecule has 2 aromatic carbocycles. The molecule has 1 N–H and O–H groups in total. The summed E-state index contributed by atoms with van der Waals surface area (Å²) in [5.41, 5.74) is 5.45. The van der Waals surface area contributed by atoms with Crippen LogP contribution >= 0.6 is 0 Å². The lowest BCUT2D eigenvalue weighted by atomic mass is 9.85. The van der Waals surface area contributed by atoms with E-state index >= 15 is 0 Å². The number of amides is 1. The number of carbonyl (C=O) groups is 1. The zero-order chi connectivity index (χ0) is 17.8. The molecule has 0 saturated heterocycles. The number of nitrogens with zero attached hydrogens (tertiary/aromatic N) is 2. The summed E-state index contributed by atoms with van der Waals surface area (Å²) in [6, 6.07) is 26.0. The van der Waals surface area contributed by atoms with Crippen LogP contribution < -0.4 is 5.43 Å². The van der Waals surface area contributed by atoms with Crippen LogP contribution in [-0.2, 0) is 10.2 Å². The lowest BCUT2D eigenvalue weighted by molar-refractivity contribution is -0.122. The van der Waals surface area contributed by atoms with Crippen LogP contribution in [0.5, 0.6) is 0 Å². The van der Waals surface area contributed by atoms with Crippen LogP contribution in [0.25, 0.3) is 0 Å². The molecule has 0 aliphatic heterocycles. The van der Waals surface area contributed by atoms with Crippen LogP contribution in [0.1, 0.15) is 23.2 Å². The highest BCUT2D eigenvalue weighted by Crippen LogP contribution is 2.58. The van der Waals surface area contributed by atoms with Gasteiger partial charge in [-0.2, -0.15) is 5.10 Å². The van der Waals surface area contributed by atoms with Crippen molar-refractivity contribution in [2.75, 3.05) is 0 Å². The minimum Gasteiger partial charge on any atom is -0.273 e. The van der Waals surface area contributed by atoms with E-state index in [1.807, 2.05) is 54.6 Å². The van der Waals surface area contributed by atoms with Crippen molar-refractivity contribution in [3.8, 4) is 0 Å². The van der Waals surface area contributed by atoms with E-state index in [1.54, 1.807) is 12.4 Å². The molecule has 1 aromatic heterocycles. The van der Waals surface area contributed by atoms with Gasteiger partial charge in [0.05, 0.1) is 17.8 Å². The summed E-state index contributed by atoms with van der Waals surface area (Å²) in [4.78, 5) is 16.9. The Kier molecular flexibility index (Phi) is 4.32. The van der Waals surface area contributed by atoms with Crippen LogP contribution in [0.15, 0.2) is 90.2 Å². The summed E-state index contributed by atoms with van der Waals surface area (Å²) >= 11 is 0. The molecule has 1 aliphatic rings. The Morgan fingerprint density at radius 1 is 0.962 bits per heavy atom. The van der Waals surface area contributed by atoms with Crippen molar-refractivity contribution in [1.82, 2.24) is 10.4 Å². The number of aromatic nitrogens is 1. The average molecular weight is 341 g/mol. The van der Waals surface area contributed by atoms with Crippen molar-refractivity contribution >= 4 is 12.1 Å². The van der Waals surface area contributed by atoms with E-state index in [4.69, 9.17) is 0 Å². The van der Waals surface area contributed by atoms with Gasteiger partial charge < -0.3 is 0 Å². The standard InChI is InChI=1S/C22H19N3O/c26-21(25-24-16-19-13-7-8-14-23-19)20-15-22(20,17-9-3-1-4-10-17)18-11-5-2-6-12-18/h1-14,16,20H,15H2,(H,25,26)/t20-/m1/s1. The number of hydrogen-bond donors (Lipinski definition) is 1. The molecule has 1 fully saturated rings. The maximum atomic E-state index is 12.7. The van der Waals surface area contributed by atoms with Gasteiger partial charge in [-0.15, -0.1) is 0 Å². The van der Waals surface area contributed by atoms with E-state index in [0.717, 1.165) is 6.42 Å². The molecule has 0 spiro atoms. The van der Waals surface area contributed by atoms with Crippen LogP contribution in [0.4, 0.5) is 0 Å². The average Bonchev–Trinajstić information content (AvgIpc) is 3.47. The monoisotopic (exact) mass is 341 g/mol. The van der Waals surface area contributed by atoms with Crippen molar-refractivity contribution in [2.24, 2.45) is 11.0 Å². The molecule has 0 unspecified atom stereocenters. The molecule has 4 rings (SSSR count). The first-order valence-corrected chi connectivity index (χ1v) is 8.66. The Balaban J connectivity index is 1.55. The first-order chi connectivity index (χ1) is 12.8. The molecule has 1 aliphatic carbocycles. The molecule has 1 atom stereocenters. The lowest BCUT2D eigenvalue weighted by Crippen LogP contribution is -2.25. The second kappa shape index (κ2) is 6.92. The van der Waals surface area contributed by atoms with Gasteiger partial charge in [0.25, 0.3) is 0 Å². The first kappa shape index (κ1) is 16.2. The van der Waals surface area contributed by atoms with Crippen LogP contribution in [0.3, 0.4) is 0 Å². The molecule has 0 bridgehead atoms. The highest BCUT2D eigenvalue weighted by atomic mass is 16.2. The highest BCUT2D eigenvalue weighted by molar-refractivity contribution is 5.87. The van der Waals surface area contributed by atoms with Gasteiger partial charge in [0.2, 0.25) is 5.91 Å². The third-order valence-corrected chi connectivity index (χ3v) is 4.91. The Morgan fingerprint density at radius 3 is 2.15 bits per heavy atom. The van der Waals surface area contributed by atoms with Gasteiger partial charge in [-0.05, 0) is 29.7 Å². The number of rotatable bonds is 5. The van der Waals surface area contributed by atoms with Crippen molar-refractivity contribution in [2.45, 2.75) is 11.8 Å². The summed E-state index contributed by atoms with van der Waals surface area (Å²) in [7, 11) is 0. The van der Waals surface area contributed by atoms with E-state index in [9.17, 15) is 4.79 Å². The second-order valence-electron chi connectivity index (χ2n) is 6.45. The van der Waals surface area contributed by atoms with E-state index in [2.05, 4.69) is 39.8 Å². The van der Waals surface area contributed by atoms with Crippen molar-refractivity contribution in [3.63, 3.8) is 0 Å². The summed E-state index contributed by atoms with van der Waals surface area (Å²) in [6.45, 7) is 0. The zero-order valence-electron chi connectivity index (χ0n) is 14.2. The zero-order valence-corrected chi connectivity index (χ0v) is 14.2. The predicted molar refractivity (Wildman–Crippen MR) is 102 cm³/mol. The largest absolute Gasteiger partial charge is 0.273 e. The maximum absolute atomic E-state index is 12.7. The van der Waals surface area contributed by atoms with Crippen LogP contribution in [-0.4, -0.2) is 17.1 Å². The van der Waals surface area contributed by atoms with Gasteiger partial charge in [0.15, 0.2) is 0 Å². The highest BCUT2D eigenvalue weighted by Gasteiger charge is 2.60. The molecular weight excluding hydrogens is 322 g/mol. The fourth-order valence-corrected chi connectivity index (χ4v) is 3.55. The minimum absolute atomic E-state index is 0.0649. The summed E-state index contributed by atoms with van der Waals surface area (Å²) < 4.78 is 0. The molecule has 4 nitrogen and oxygen atoms in total. The number of pyridine rings is 1. The van der Waals surface area contributed by atoms with Crippen molar-refractivity contribution < 1.29 is 4.79 Å². The molecule has 0 radical (unpaired) electrons. The Bertz CT molecular complexity index is 868. The van der Waals surface area contributed by atoms with Gasteiger partial charge in [-0.1, -0.05) is 66.7 Å². The molecule has 128 valence electrons. The maximum Gasteiger partial charge on any atom is 0.244 e. The summed E-state index contributed by atoms with van der Waals surface area (Å²) in [5.74, 6) is -0.196. The Morgan fingerprint density at radius 2 is 1.58 bits per heavy atom. The predicted octanol–water partition coefficient (Wildman–Crippen LogP) is 3.54. The third kappa shape index (κ3) is 3.02. The van der Waals surface area contributed by atoms with Crippen LogP contribution in [0, 0.1) is 5.92 Å². The topological polar surface area (TPSA) is 54.4 Å². The number of benzene rings is 2.